The molecule has 2 aromatic heterocycles. The van der Waals surface area contributed by atoms with Gasteiger partial charge in [-0.3, -0.25) is 18.6 Å². The Morgan fingerprint density at radius 1 is 1.17 bits per heavy atom. The third kappa shape index (κ3) is 4.63. The van der Waals surface area contributed by atoms with E-state index in [9.17, 15) is 9.59 Å². The molecule has 0 aliphatic carbocycles. The molecule has 0 saturated carbocycles. The van der Waals surface area contributed by atoms with Crippen LogP contribution in [0.3, 0.4) is 0 Å². The molecule has 0 radical (unpaired) electrons. The first-order valence-electron chi connectivity index (χ1n) is 9.94. The Morgan fingerprint density at radius 2 is 1.86 bits per heavy atom. The third-order valence-corrected chi connectivity index (χ3v) is 5.60. The predicted molar refractivity (Wildman–Crippen MR) is 117 cm³/mol. The maximum atomic E-state index is 13.1. The van der Waals surface area contributed by atoms with Crippen molar-refractivity contribution < 1.29 is 4.79 Å². The van der Waals surface area contributed by atoms with Crippen LogP contribution in [-0.2, 0) is 11.3 Å². The first kappa shape index (κ1) is 21.4. The lowest BCUT2D eigenvalue weighted by atomic mass is 10.1. The highest BCUT2D eigenvalue weighted by molar-refractivity contribution is 8.00. The molecule has 1 amide bonds. The number of aromatic nitrogens is 4. The maximum absolute atomic E-state index is 13.1. The van der Waals surface area contributed by atoms with Crippen molar-refractivity contribution in [1.82, 2.24) is 24.5 Å². The Bertz CT molecular complexity index is 1090. The largest absolute Gasteiger partial charge is 0.351 e. The summed E-state index contributed by atoms with van der Waals surface area (Å²) in [5.74, 6) is 0.920. The lowest BCUT2D eigenvalue weighted by Gasteiger charge is -2.22. The molecule has 0 aliphatic rings. The number of carbonyl (C=O) groups is 1. The van der Waals surface area contributed by atoms with Crippen LogP contribution in [0.5, 0.6) is 0 Å². The minimum Gasteiger partial charge on any atom is -0.351 e. The van der Waals surface area contributed by atoms with Crippen molar-refractivity contribution in [2.24, 2.45) is 5.92 Å². The van der Waals surface area contributed by atoms with Gasteiger partial charge in [-0.15, -0.1) is 10.2 Å². The number of thioether (sulfide) groups is 1. The molecule has 0 saturated heterocycles. The maximum Gasteiger partial charge on any atom is 0.262 e. The second-order valence-electron chi connectivity index (χ2n) is 8.77. The molecule has 8 heteroatoms. The number of carbonyl (C=O) groups excluding carboxylic acids is 1. The molecule has 0 fully saturated rings. The van der Waals surface area contributed by atoms with E-state index >= 15 is 0 Å². The van der Waals surface area contributed by atoms with Gasteiger partial charge in [0.15, 0.2) is 5.16 Å². The highest BCUT2D eigenvalue weighted by atomic mass is 32.2. The molecule has 1 unspecified atom stereocenters. The van der Waals surface area contributed by atoms with Gasteiger partial charge in [0, 0.05) is 12.1 Å². The monoisotopic (exact) mass is 415 g/mol. The second-order valence-corrected chi connectivity index (χ2v) is 10.1. The average molecular weight is 416 g/mol. The Labute approximate surface area is 174 Å². The molecule has 3 aromatic rings. The van der Waals surface area contributed by atoms with E-state index in [1.165, 1.54) is 11.8 Å². The minimum absolute atomic E-state index is 0.0586. The van der Waals surface area contributed by atoms with Crippen LogP contribution in [0.4, 0.5) is 0 Å². The lowest BCUT2D eigenvalue weighted by Crippen LogP contribution is -2.44. The highest BCUT2D eigenvalue weighted by Crippen LogP contribution is 2.25. The molecule has 156 valence electrons. The fourth-order valence-corrected chi connectivity index (χ4v) is 3.94. The van der Waals surface area contributed by atoms with Crippen molar-refractivity contribution in [1.29, 1.82) is 0 Å². The van der Waals surface area contributed by atoms with Crippen LogP contribution in [0.1, 0.15) is 48.0 Å². The number of nitrogens with one attached hydrogen (secondary N) is 1. The molecule has 3 rings (SSSR count). The van der Waals surface area contributed by atoms with Gasteiger partial charge < -0.3 is 5.32 Å². The summed E-state index contributed by atoms with van der Waals surface area (Å²) in [6, 6.07) is 7.47. The Morgan fingerprint density at radius 3 is 2.52 bits per heavy atom. The summed E-state index contributed by atoms with van der Waals surface area (Å²) in [5, 5.41) is 12.5. The molecule has 2 heterocycles. The van der Waals surface area contributed by atoms with E-state index < -0.39 is 0 Å². The van der Waals surface area contributed by atoms with E-state index in [4.69, 9.17) is 0 Å². The van der Waals surface area contributed by atoms with Crippen LogP contribution < -0.4 is 10.9 Å². The summed E-state index contributed by atoms with van der Waals surface area (Å²) in [5.41, 5.74) is 0.392. The summed E-state index contributed by atoms with van der Waals surface area (Å²) in [7, 11) is 0. The van der Waals surface area contributed by atoms with Gasteiger partial charge in [0.1, 0.15) is 0 Å². The smallest absolute Gasteiger partial charge is 0.262 e. The number of amides is 1. The average Bonchev–Trinajstić information content (AvgIpc) is 3.03. The zero-order valence-corrected chi connectivity index (χ0v) is 18.7. The van der Waals surface area contributed by atoms with Crippen LogP contribution in [0.15, 0.2) is 34.2 Å². The number of hydrogen-bond acceptors (Lipinski definition) is 5. The highest BCUT2D eigenvalue weighted by Gasteiger charge is 2.24. The molecular formula is C21H29N5O2S. The van der Waals surface area contributed by atoms with E-state index in [-0.39, 0.29) is 22.3 Å². The first-order valence-corrected chi connectivity index (χ1v) is 10.8. The molecule has 1 atom stereocenters. The van der Waals surface area contributed by atoms with Crippen LogP contribution in [-0.4, -0.2) is 35.9 Å². The predicted octanol–water partition coefficient (Wildman–Crippen LogP) is 3.49. The number of rotatable bonds is 6. The van der Waals surface area contributed by atoms with Gasteiger partial charge in [-0.25, -0.2) is 0 Å². The standard InChI is InChI=1S/C21H29N5O2S/c1-13(2)11-12-25-18(28)15-9-7-8-10-16(15)26-19(25)23-24-20(26)29-14(3)17(27)22-21(4,5)6/h7-10,13-14H,11-12H2,1-6H3,(H,22,27). The van der Waals surface area contributed by atoms with Crippen LogP contribution in [0.25, 0.3) is 16.7 Å². The van der Waals surface area contributed by atoms with E-state index in [2.05, 4.69) is 29.4 Å². The molecular weight excluding hydrogens is 386 g/mol. The summed E-state index contributed by atoms with van der Waals surface area (Å²) >= 11 is 1.34. The van der Waals surface area contributed by atoms with Gasteiger partial charge in [-0.2, -0.15) is 0 Å². The van der Waals surface area contributed by atoms with Gasteiger partial charge in [0.2, 0.25) is 11.7 Å². The molecule has 1 aromatic carbocycles. The number of fused-ring (bicyclic) bond motifs is 3. The first-order chi connectivity index (χ1) is 13.6. The van der Waals surface area contributed by atoms with E-state index in [0.717, 1.165) is 11.9 Å². The summed E-state index contributed by atoms with van der Waals surface area (Å²) in [4.78, 5) is 25.6. The molecule has 1 N–H and O–H groups in total. The normalized spacial score (nSPS) is 13.3. The van der Waals surface area contributed by atoms with Crippen molar-refractivity contribution >= 4 is 34.3 Å². The van der Waals surface area contributed by atoms with Gasteiger partial charge >= 0.3 is 0 Å². The van der Waals surface area contributed by atoms with Crippen LogP contribution in [0, 0.1) is 5.92 Å². The number of benzene rings is 1. The molecule has 7 nitrogen and oxygen atoms in total. The van der Waals surface area contributed by atoms with Crippen LogP contribution in [0.2, 0.25) is 0 Å². The van der Waals surface area contributed by atoms with Gasteiger partial charge in [-0.1, -0.05) is 37.7 Å². The molecule has 0 bridgehead atoms. The molecule has 29 heavy (non-hydrogen) atoms. The lowest BCUT2D eigenvalue weighted by molar-refractivity contribution is -0.121. The molecule has 0 aliphatic heterocycles. The van der Waals surface area contributed by atoms with Crippen molar-refractivity contribution in [3.8, 4) is 0 Å². The van der Waals surface area contributed by atoms with Gasteiger partial charge in [-0.05, 0) is 52.2 Å². The minimum atomic E-state index is -0.351. The SMILES string of the molecule is CC(C)CCn1c(=O)c2ccccc2n2c(SC(C)C(=O)NC(C)(C)C)nnc12. The topological polar surface area (TPSA) is 81.3 Å². The molecule has 0 spiro atoms. The number of para-hydroxylation sites is 1. The Kier molecular flexibility index (Phi) is 6.03. The van der Waals surface area contributed by atoms with Gasteiger partial charge in [0.05, 0.1) is 16.2 Å². The van der Waals surface area contributed by atoms with Crippen molar-refractivity contribution in [2.75, 3.05) is 0 Å². The van der Waals surface area contributed by atoms with E-state index in [0.29, 0.717) is 28.8 Å². The Hall–Kier alpha value is -2.35. The number of aryl methyl sites for hydroxylation is 1. The summed E-state index contributed by atoms with van der Waals surface area (Å²) in [6.45, 7) is 12.5. The zero-order valence-electron chi connectivity index (χ0n) is 17.9. The zero-order chi connectivity index (χ0) is 21.3. The summed E-state index contributed by atoms with van der Waals surface area (Å²) in [6.07, 6.45) is 0.869. The third-order valence-electron chi connectivity index (χ3n) is 4.56. The second kappa shape index (κ2) is 8.18. The van der Waals surface area contributed by atoms with Crippen molar-refractivity contribution in [3.05, 3.63) is 34.6 Å². The van der Waals surface area contributed by atoms with E-state index in [1.807, 2.05) is 56.4 Å². The summed E-state index contributed by atoms with van der Waals surface area (Å²) < 4.78 is 3.59. The van der Waals surface area contributed by atoms with Gasteiger partial charge in [0.25, 0.3) is 5.56 Å². The fourth-order valence-electron chi connectivity index (χ4n) is 3.08. The van der Waals surface area contributed by atoms with Crippen molar-refractivity contribution in [3.63, 3.8) is 0 Å². The Balaban J connectivity index is 2.08. The van der Waals surface area contributed by atoms with E-state index in [1.54, 1.807) is 4.57 Å². The number of hydrogen-bond donors (Lipinski definition) is 1. The van der Waals surface area contributed by atoms with Crippen molar-refractivity contribution in [2.45, 2.75) is 70.5 Å². The quantitative estimate of drug-likeness (QED) is 0.623. The number of nitrogens with zero attached hydrogens (tertiary/aromatic N) is 4. The van der Waals surface area contributed by atoms with Crippen LogP contribution >= 0.6 is 11.8 Å². The fraction of sp³-hybridized carbons (Fsp3) is 0.524.